The number of aromatic nitrogens is 7. The van der Waals surface area contributed by atoms with E-state index < -0.39 is 0 Å². The number of anilines is 4. The van der Waals surface area contributed by atoms with Crippen LogP contribution in [0.2, 0.25) is 0 Å². The first-order chi connectivity index (χ1) is 29.6. The van der Waals surface area contributed by atoms with Gasteiger partial charge in [0.25, 0.3) is 11.8 Å². The molecule has 308 valence electrons. The fraction of sp³-hybridized carbons (Fsp3) is 0.213. The van der Waals surface area contributed by atoms with Crippen molar-refractivity contribution in [2.24, 2.45) is 0 Å². The highest BCUT2D eigenvalue weighted by Crippen LogP contribution is 2.38. The molecule has 0 fully saturated rings. The second kappa shape index (κ2) is 21.4. The normalized spacial score (nSPS) is 11.5. The molecule has 2 amide bonds. The quantitative estimate of drug-likeness (QED) is 0.0954. The molecule has 0 saturated carbocycles. The van der Waals surface area contributed by atoms with E-state index in [1.165, 1.54) is 0 Å². The molecule has 2 aliphatic rings. The predicted octanol–water partition coefficient (Wildman–Crippen LogP) is 10.7. The Kier molecular flexibility index (Phi) is 15.6. The van der Waals surface area contributed by atoms with Crippen LogP contribution in [0.25, 0.3) is 44.5 Å². The number of rotatable bonds is 6. The van der Waals surface area contributed by atoms with Gasteiger partial charge in [-0.05, 0) is 71.3 Å². The summed E-state index contributed by atoms with van der Waals surface area (Å²) in [5.74, 6) is 1.20. The first-order valence-corrected chi connectivity index (χ1v) is 20.6. The van der Waals surface area contributed by atoms with Crippen molar-refractivity contribution in [1.82, 2.24) is 45.5 Å². The van der Waals surface area contributed by atoms with Gasteiger partial charge in [0.15, 0.2) is 0 Å². The van der Waals surface area contributed by atoms with Crippen molar-refractivity contribution >= 4 is 56.9 Å². The van der Waals surface area contributed by atoms with Crippen molar-refractivity contribution in [3.8, 4) is 22.4 Å². The minimum absolute atomic E-state index is 0.0698. The summed E-state index contributed by atoms with van der Waals surface area (Å²) >= 11 is 0. The molecule has 0 radical (unpaired) electrons. The Morgan fingerprint density at radius 2 is 1.00 bits per heavy atom. The lowest BCUT2D eigenvalue weighted by Gasteiger charge is -2.13. The average Bonchev–Trinajstić information content (AvgIpc) is 4.16. The maximum absolute atomic E-state index is 12.5. The number of pyridine rings is 5. The Hall–Kier alpha value is -7.41. The summed E-state index contributed by atoms with van der Waals surface area (Å²) in [6, 6.07) is 23.1. The summed E-state index contributed by atoms with van der Waals surface area (Å²) in [4.78, 5) is 53.1. The van der Waals surface area contributed by atoms with E-state index in [1.54, 1.807) is 31.0 Å². The Morgan fingerprint density at radius 3 is 1.57 bits per heavy atom. The van der Waals surface area contributed by atoms with E-state index in [4.69, 9.17) is 0 Å². The fourth-order valence-corrected chi connectivity index (χ4v) is 6.78. The SMILES string of the molecule is CC.CC.CC.CC.O=C1NCc2c(-c3ccnc4[nH]ccc34)ccc(Nc3ccccn3)c21.O=C1NCc2c(-c3ccnc4[nH]ccc34)ncc(Nc3ccccn3)c21. The molecule has 10 rings (SSSR count). The summed E-state index contributed by atoms with van der Waals surface area (Å²) in [7, 11) is 0. The summed E-state index contributed by atoms with van der Waals surface area (Å²) in [6.45, 7) is 17.0. The van der Waals surface area contributed by atoms with Crippen LogP contribution >= 0.6 is 0 Å². The number of H-pyrrole nitrogens is 2. The Balaban J connectivity index is 0.000000196. The van der Waals surface area contributed by atoms with Gasteiger partial charge in [-0.1, -0.05) is 73.6 Å². The number of nitrogens with zero attached hydrogens (tertiary/aromatic N) is 5. The Morgan fingerprint density at radius 1 is 0.483 bits per heavy atom. The number of aromatic amines is 2. The van der Waals surface area contributed by atoms with Gasteiger partial charge in [0.1, 0.15) is 22.9 Å². The van der Waals surface area contributed by atoms with Crippen molar-refractivity contribution in [3.05, 3.63) is 138 Å². The van der Waals surface area contributed by atoms with Gasteiger partial charge in [-0.25, -0.2) is 19.9 Å². The van der Waals surface area contributed by atoms with Crippen LogP contribution in [0.15, 0.2) is 116 Å². The second-order valence-electron chi connectivity index (χ2n) is 12.1. The number of hydrogen-bond acceptors (Lipinski definition) is 9. The molecule has 60 heavy (non-hydrogen) atoms. The largest absolute Gasteiger partial charge is 0.348 e. The van der Waals surface area contributed by atoms with Crippen LogP contribution in [0.5, 0.6) is 0 Å². The number of carbonyl (C=O) groups excluding carboxylic acids is 2. The summed E-state index contributed by atoms with van der Waals surface area (Å²) in [5, 5.41) is 14.3. The molecule has 0 bridgehead atoms. The molecule has 0 aliphatic carbocycles. The van der Waals surface area contributed by atoms with Crippen molar-refractivity contribution in [3.63, 3.8) is 0 Å². The fourth-order valence-electron chi connectivity index (χ4n) is 6.78. The first-order valence-electron chi connectivity index (χ1n) is 20.6. The Bertz CT molecular complexity index is 2460. The summed E-state index contributed by atoms with van der Waals surface area (Å²) in [6.07, 6.45) is 12.4. The number of fused-ring (bicyclic) bond motifs is 4. The van der Waals surface area contributed by atoms with Crippen molar-refractivity contribution in [1.29, 1.82) is 0 Å². The third-order valence-corrected chi connectivity index (χ3v) is 9.12. The molecule has 9 heterocycles. The van der Waals surface area contributed by atoms with Gasteiger partial charge >= 0.3 is 0 Å². The first kappa shape index (κ1) is 43.7. The van der Waals surface area contributed by atoms with Crippen molar-refractivity contribution < 1.29 is 9.59 Å². The molecule has 7 aromatic heterocycles. The van der Waals surface area contributed by atoms with Crippen LogP contribution < -0.4 is 21.3 Å². The number of nitrogens with one attached hydrogen (secondary N) is 6. The highest BCUT2D eigenvalue weighted by molar-refractivity contribution is 6.08. The van der Waals surface area contributed by atoms with Gasteiger partial charge in [0.2, 0.25) is 0 Å². The van der Waals surface area contributed by atoms with E-state index in [-0.39, 0.29) is 11.8 Å². The zero-order valence-electron chi connectivity index (χ0n) is 35.4. The third kappa shape index (κ3) is 9.15. The van der Waals surface area contributed by atoms with Gasteiger partial charge in [-0.2, -0.15) is 0 Å². The molecular formula is C47H53N11O2. The van der Waals surface area contributed by atoms with Crippen molar-refractivity contribution in [2.75, 3.05) is 10.6 Å². The van der Waals surface area contributed by atoms with E-state index >= 15 is 0 Å². The molecule has 8 aromatic rings. The number of hydrogen-bond donors (Lipinski definition) is 6. The average molecular weight is 804 g/mol. The van der Waals surface area contributed by atoms with Crippen molar-refractivity contribution in [2.45, 2.75) is 68.5 Å². The van der Waals surface area contributed by atoms with Gasteiger partial charge in [-0.15, -0.1) is 0 Å². The maximum Gasteiger partial charge on any atom is 0.254 e. The van der Waals surface area contributed by atoms with Gasteiger partial charge in [0.05, 0.1) is 34.4 Å². The summed E-state index contributed by atoms with van der Waals surface area (Å²) in [5.41, 5.74) is 10.0. The van der Waals surface area contributed by atoms with E-state index in [2.05, 4.69) is 56.2 Å². The predicted molar refractivity (Wildman–Crippen MR) is 244 cm³/mol. The molecule has 0 unspecified atom stereocenters. The minimum Gasteiger partial charge on any atom is -0.348 e. The van der Waals surface area contributed by atoms with Crippen LogP contribution in [0.1, 0.15) is 87.2 Å². The van der Waals surface area contributed by atoms with Crippen LogP contribution in [-0.4, -0.2) is 46.7 Å². The molecule has 13 nitrogen and oxygen atoms in total. The molecule has 0 atom stereocenters. The summed E-state index contributed by atoms with van der Waals surface area (Å²) < 4.78 is 0. The third-order valence-electron chi connectivity index (χ3n) is 9.12. The van der Waals surface area contributed by atoms with E-state index in [0.717, 1.165) is 61.3 Å². The van der Waals surface area contributed by atoms with E-state index in [1.807, 2.05) is 141 Å². The smallest absolute Gasteiger partial charge is 0.254 e. The number of carbonyl (C=O) groups is 2. The zero-order valence-corrected chi connectivity index (χ0v) is 35.4. The molecule has 0 spiro atoms. The standard InChI is InChI=1S/C20H15N5O.C19H14N6O.4C2H6/c26-20-18-15(11-24-20)12(13-6-9-22-19-14(13)7-10-23-19)4-5-16(18)25-17-3-1-2-8-21-17;26-19-16-13(9-24-19)17(11-4-7-21-18-12(11)5-8-22-18)23-10-14(16)25-15-3-1-2-6-20-15;4*1-2/h1-10H,11H2,(H,21,25)(H,22,23)(H,24,26);1-8,10H,9H2,(H,20,25)(H,21,22)(H,24,26);4*1-2H3. The molecular weight excluding hydrogens is 751 g/mol. The monoisotopic (exact) mass is 803 g/mol. The van der Waals surface area contributed by atoms with E-state index in [9.17, 15) is 9.59 Å². The van der Waals surface area contributed by atoms with Gasteiger partial charge in [-0.3, -0.25) is 14.6 Å². The van der Waals surface area contributed by atoms with Crippen LogP contribution in [0.4, 0.5) is 23.0 Å². The van der Waals surface area contributed by atoms with Crippen LogP contribution in [-0.2, 0) is 13.1 Å². The van der Waals surface area contributed by atoms with Crippen LogP contribution in [0.3, 0.4) is 0 Å². The molecule has 0 saturated heterocycles. The number of benzene rings is 1. The van der Waals surface area contributed by atoms with Gasteiger partial charge in [0, 0.05) is 72.2 Å². The second-order valence-corrected chi connectivity index (χ2v) is 12.1. The molecule has 1 aromatic carbocycles. The highest BCUT2D eigenvalue weighted by Gasteiger charge is 2.29. The van der Waals surface area contributed by atoms with Gasteiger partial charge < -0.3 is 31.2 Å². The lowest BCUT2D eigenvalue weighted by molar-refractivity contribution is 0.0958. The molecule has 2 aliphatic heterocycles. The maximum atomic E-state index is 12.5. The molecule has 6 N–H and O–H groups in total. The van der Waals surface area contributed by atoms with E-state index in [0.29, 0.717) is 41.5 Å². The molecule has 13 heteroatoms. The van der Waals surface area contributed by atoms with Crippen LogP contribution in [0, 0.1) is 0 Å². The lowest BCUT2D eigenvalue weighted by atomic mass is 9.94. The topological polar surface area (TPSA) is 178 Å². The lowest BCUT2D eigenvalue weighted by Crippen LogP contribution is -2.13. The highest BCUT2D eigenvalue weighted by atomic mass is 16.2. The Labute approximate surface area is 351 Å². The number of amides is 2. The zero-order chi connectivity index (χ0) is 43.0. The minimum atomic E-state index is -0.110.